The van der Waals surface area contributed by atoms with Crippen molar-refractivity contribution in [3.05, 3.63) is 143 Å². The van der Waals surface area contributed by atoms with E-state index in [0.29, 0.717) is 22.9 Å². The fourth-order valence-electron chi connectivity index (χ4n) is 5.02. The zero-order chi connectivity index (χ0) is 27.8. The van der Waals surface area contributed by atoms with Crippen LogP contribution in [0.3, 0.4) is 0 Å². The Morgan fingerprint density at radius 3 is 1.88 bits per heavy atom. The highest BCUT2D eigenvalue weighted by atomic mass is 16.5. The normalized spacial score (nSPS) is 12.1. The summed E-state index contributed by atoms with van der Waals surface area (Å²) in [5.74, 6) is 1.08. The number of aromatic nitrogens is 3. The molecule has 2 aromatic heterocycles. The van der Waals surface area contributed by atoms with Gasteiger partial charge >= 0.3 is 0 Å². The van der Waals surface area contributed by atoms with E-state index in [-0.39, 0.29) is 19.3 Å². The minimum absolute atomic E-state index is 0.217. The maximum atomic E-state index is 11.8. The van der Waals surface area contributed by atoms with Crippen LogP contribution in [-0.4, -0.2) is 40.3 Å². The first-order valence-corrected chi connectivity index (χ1v) is 13.2. The smallest absolute Gasteiger partial charge is 0.222 e. The zero-order valence-electron chi connectivity index (χ0n) is 22.6. The molecule has 0 aliphatic rings. The molecule has 0 saturated carbocycles. The summed E-state index contributed by atoms with van der Waals surface area (Å²) in [6.45, 7) is 2.30. The monoisotopic (exact) mass is 532 g/mol. The molecular weight excluding hydrogens is 500 g/mol. The number of hydrogen-bond donors (Lipinski definition) is 1. The summed E-state index contributed by atoms with van der Waals surface area (Å²) < 4.78 is 14.1. The predicted octanol–water partition coefficient (Wildman–Crippen LogP) is 5.34. The van der Waals surface area contributed by atoms with Crippen molar-refractivity contribution < 1.29 is 14.3 Å². The van der Waals surface area contributed by atoms with E-state index < -0.39 is 5.54 Å². The molecular formula is C33H32N4O3. The minimum Gasteiger partial charge on any atom is -0.490 e. The van der Waals surface area contributed by atoms with Crippen molar-refractivity contribution in [2.45, 2.75) is 18.5 Å². The van der Waals surface area contributed by atoms with Crippen molar-refractivity contribution in [3.8, 4) is 11.6 Å². The molecule has 7 nitrogen and oxygen atoms in total. The van der Waals surface area contributed by atoms with Gasteiger partial charge in [-0.25, -0.2) is 4.68 Å². The molecule has 0 aliphatic carbocycles. The van der Waals surface area contributed by atoms with E-state index >= 15 is 0 Å². The van der Waals surface area contributed by atoms with Crippen molar-refractivity contribution in [3.63, 3.8) is 0 Å². The number of aldehydes is 1. The van der Waals surface area contributed by atoms with Crippen LogP contribution in [0, 0.1) is 6.92 Å². The largest absolute Gasteiger partial charge is 0.490 e. The lowest BCUT2D eigenvalue weighted by molar-refractivity contribution is 0.111. The number of nitrogens with zero attached hydrogens (tertiary/aromatic N) is 3. The summed E-state index contributed by atoms with van der Waals surface area (Å²) >= 11 is 0. The Labute approximate surface area is 234 Å². The number of carbonyl (C=O) groups excluding carboxylic acids is 1. The molecule has 0 amide bonds. The predicted molar refractivity (Wildman–Crippen MR) is 155 cm³/mol. The van der Waals surface area contributed by atoms with Crippen LogP contribution in [0.1, 0.15) is 32.7 Å². The van der Waals surface area contributed by atoms with Crippen molar-refractivity contribution >= 4 is 6.29 Å². The molecule has 0 fully saturated rings. The van der Waals surface area contributed by atoms with Crippen LogP contribution in [0.4, 0.5) is 0 Å². The average molecular weight is 533 g/mol. The Hall–Kier alpha value is -4.75. The number of carbonyl (C=O) groups is 1. The van der Waals surface area contributed by atoms with Crippen molar-refractivity contribution in [1.29, 1.82) is 0 Å². The summed E-state index contributed by atoms with van der Waals surface area (Å²) in [5.41, 5.74) is 3.55. The summed E-state index contributed by atoms with van der Waals surface area (Å²) in [7, 11) is 1.77. The van der Waals surface area contributed by atoms with Gasteiger partial charge < -0.3 is 9.47 Å². The van der Waals surface area contributed by atoms with Gasteiger partial charge in [-0.3, -0.25) is 15.1 Å². The molecule has 0 radical (unpaired) electrons. The summed E-state index contributed by atoms with van der Waals surface area (Å²) in [6.07, 6.45) is 4.18. The fourth-order valence-corrected chi connectivity index (χ4v) is 5.02. The summed E-state index contributed by atoms with van der Waals surface area (Å²) in [4.78, 5) is 16.0. The molecule has 1 N–H and O–H groups in total. The molecule has 5 rings (SSSR count). The van der Waals surface area contributed by atoms with Gasteiger partial charge in [0.15, 0.2) is 6.29 Å². The second-order valence-corrected chi connectivity index (χ2v) is 9.55. The van der Waals surface area contributed by atoms with Crippen LogP contribution < -0.4 is 14.8 Å². The number of benzene rings is 3. The van der Waals surface area contributed by atoms with Crippen LogP contribution in [0.2, 0.25) is 0 Å². The third-order valence-corrected chi connectivity index (χ3v) is 6.88. The van der Waals surface area contributed by atoms with Crippen molar-refractivity contribution in [1.82, 2.24) is 20.1 Å². The van der Waals surface area contributed by atoms with Gasteiger partial charge in [0.05, 0.1) is 29.0 Å². The first-order chi connectivity index (χ1) is 19.6. The molecule has 1 atom stereocenters. The number of ether oxygens (including phenoxy) is 2. The first kappa shape index (κ1) is 26.8. The lowest BCUT2D eigenvalue weighted by Gasteiger charge is -2.40. The van der Waals surface area contributed by atoms with Gasteiger partial charge in [0.25, 0.3) is 0 Å². The Kier molecular flexibility index (Phi) is 8.32. The Bertz CT molecular complexity index is 1410. The van der Waals surface area contributed by atoms with Crippen LogP contribution in [0.15, 0.2) is 116 Å². The van der Waals surface area contributed by atoms with Crippen molar-refractivity contribution in [2.75, 3.05) is 13.2 Å². The maximum absolute atomic E-state index is 11.8. The van der Waals surface area contributed by atoms with E-state index in [1.165, 1.54) is 0 Å². The number of rotatable bonds is 12. The van der Waals surface area contributed by atoms with Crippen LogP contribution in [-0.2, 0) is 12.6 Å². The van der Waals surface area contributed by atoms with Gasteiger partial charge in [0.2, 0.25) is 5.88 Å². The molecule has 202 valence electrons. The highest BCUT2D eigenvalue weighted by molar-refractivity contribution is 5.80. The van der Waals surface area contributed by atoms with E-state index in [9.17, 15) is 4.79 Å². The molecule has 40 heavy (non-hydrogen) atoms. The molecule has 7 heteroatoms. The summed E-state index contributed by atoms with van der Waals surface area (Å²) in [6, 6.07) is 34.5. The standard InChI is InChI=1S/C33H32N4O3/c1-25-31(22-38)32(37(2)36-25)40-24-29(23-39-30-19-12-20-34-21-30)35-33(26-13-6-3-7-14-26,27-15-8-4-9-16-27)28-17-10-5-11-18-28/h3-22,29,35H,23-24H2,1-2H3/t29-/m0/s1. The van der Waals surface area contributed by atoms with Gasteiger partial charge in [-0.1, -0.05) is 91.0 Å². The van der Waals surface area contributed by atoms with Gasteiger partial charge in [0, 0.05) is 13.2 Å². The molecule has 5 aromatic rings. The number of hydrogen-bond acceptors (Lipinski definition) is 6. The SMILES string of the molecule is Cc1nn(C)c(OC[C@H](COc2cccnc2)NC(c2ccccc2)(c2ccccc2)c2ccccc2)c1C=O. The Morgan fingerprint density at radius 2 is 1.38 bits per heavy atom. The maximum Gasteiger partial charge on any atom is 0.222 e. The number of pyridine rings is 1. The Balaban J connectivity index is 1.58. The molecule has 2 heterocycles. The molecule has 0 aliphatic heterocycles. The highest BCUT2D eigenvalue weighted by Gasteiger charge is 2.38. The molecule has 0 spiro atoms. The van der Waals surface area contributed by atoms with Crippen LogP contribution in [0.5, 0.6) is 11.6 Å². The summed E-state index contributed by atoms with van der Waals surface area (Å²) in [5, 5.41) is 8.30. The zero-order valence-corrected chi connectivity index (χ0v) is 22.6. The topological polar surface area (TPSA) is 78.3 Å². The van der Waals surface area contributed by atoms with E-state index in [1.807, 2.05) is 66.7 Å². The molecule has 0 saturated heterocycles. The fraction of sp³-hybridized carbons (Fsp3) is 0.182. The van der Waals surface area contributed by atoms with E-state index in [4.69, 9.17) is 9.47 Å². The van der Waals surface area contributed by atoms with Gasteiger partial charge in [-0.05, 0) is 35.7 Å². The molecule has 3 aromatic carbocycles. The molecule has 0 bridgehead atoms. The number of nitrogens with one attached hydrogen (secondary N) is 1. The van der Waals surface area contributed by atoms with Crippen LogP contribution in [0.25, 0.3) is 0 Å². The lowest BCUT2D eigenvalue weighted by atomic mass is 9.76. The highest BCUT2D eigenvalue weighted by Crippen LogP contribution is 2.37. The lowest BCUT2D eigenvalue weighted by Crippen LogP contribution is -2.53. The first-order valence-electron chi connectivity index (χ1n) is 13.2. The number of aryl methyl sites for hydroxylation is 2. The third kappa shape index (κ3) is 5.65. The Morgan fingerprint density at radius 1 is 0.825 bits per heavy atom. The molecule has 0 unspecified atom stereocenters. The van der Waals surface area contributed by atoms with Crippen LogP contribution >= 0.6 is 0 Å². The quantitative estimate of drug-likeness (QED) is 0.173. The third-order valence-electron chi connectivity index (χ3n) is 6.88. The van der Waals surface area contributed by atoms with Crippen molar-refractivity contribution in [2.24, 2.45) is 7.05 Å². The second kappa shape index (κ2) is 12.4. The average Bonchev–Trinajstić information content (AvgIpc) is 3.30. The van der Waals surface area contributed by atoms with Gasteiger partial charge in [-0.15, -0.1) is 0 Å². The van der Waals surface area contributed by atoms with E-state index in [0.717, 1.165) is 23.0 Å². The second-order valence-electron chi connectivity index (χ2n) is 9.55. The van der Waals surface area contributed by atoms with Gasteiger partial charge in [-0.2, -0.15) is 5.10 Å². The van der Waals surface area contributed by atoms with E-state index in [1.54, 1.807) is 31.0 Å². The van der Waals surface area contributed by atoms with E-state index in [2.05, 4.69) is 51.8 Å². The minimum atomic E-state index is -0.730. The van der Waals surface area contributed by atoms with Gasteiger partial charge in [0.1, 0.15) is 19.0 Å².